The number of anilines is 1. The molecule has 3 N–H and O–H groups in total. The molecule has 0 aliphatic heterocycles. The van der Waals surface area contributed by atoms with E-state index in [0.717, 1.165) is 11.3 Å². The first-order valence-corrected chi connectivity index (χ1v) is 8.15. The van der Waals surface area contributed by atoms with Crippen molar-refractivity contribution in [2.45, 2.75) is 6.42 Å². The third kappa shape index (κ3) is 5.90. The second-order valence-electron chi connectivity index (χ2n) is 5.57. The van der Waals surface area contributed by atoms with Crippen LogP contribution in [0.25, 0.3) is 0 Å². The maximum Gasteiger partial charge on any atom is 0.335 e. The van der Waals surface area contributed by atoms with Crippen LogP contribution in [0.3, 0.4) is 0 Å². The Morgan fingerprint density at radius 3 is 2.70 bits per heavy atom. The molecule has 0 saturated heterocycles. The monoisotopic (exact) mass is 365 g/mol. The Morgan fingerprint density at radius 2 is 2.00 bits per heavy atom. The molecule has 138 valence electrons. The lowest BCUT2D eigenvalue weighted by atomic mass is 10.1. The van der Waals surface area contributed by atoms with Gasteiger partial charge in [-0.2, -0.15) is 5.26 Å². The number of hydrogen-bond acceptors (Lipinski definition) is 5. The molecule has 0 bridgehead atoms. The van der Waals surface area contributed by atoms with E-state index in [1.54, 1.807) is 13.2 Å². The SMILES string of the molecule is COc1cccc(CCN/C=C(/C#N)C(=O)Nc2cccc(C(=O)O)c2)c1. The summed E-state index contributed by atoms with van der Waals surface area (Å²) in [4.78, 5) is 23.1. The number of carboxylic acid groups (broad SMARTS) is 1. The summed E-state index contributed by atoms with van der Waals surface area (Å²) in [6.45, 7) is 0.528. The summed E-state index contributed by atoms with van der Waals surface area (Å²) in [5.74, 6) is -0.945. The molecule has 0 atom stereocenters. The molecule has 1 amide bonds. The standard InChI is InChI=1S/C20H19N3O4/c1-27-18-7-2-4-14(10-18)8-9-22-13-16(12-21)19(24)23-17-6-3-5-15(11-17)20(25)26/h2-7,10-11,13,22H,8-9H2,1H3,(H,23,24)(H,25,26)/b16-13-. The van der Waals surface area contributed by atoms with E-state index in [0.29, 0.717) is 18.7 Å². The summed E-state index contributed by atoms with van der Waals surface area (Å²) in [6.07, 6.45) is 2.03. The van der Waals surface area contributed by atoms with Crippen molar-refractivity contribution in [3.8, 4) is 11.8 Å². The zero-order valence-corrected chi connectivity index (χ0v) is 14.7. The molecule has 7 heteroatoms. The largest absolute Gasteiger partial charge is 0.497 e. The molecule has 0 aliphatic carbocycles. The average Bonchev–Trinajstić information content (AvgIpc) is 2.68. The Balaban J connectivity index is 1.93. The molecule has 0 heterocycles. The molecule has 0 aliphatic rings. The number of nitriles is 1. The third-order valence-corrected chi connectivity index (χ3v) is 3.67. The van der Waals surface area contributed by atoms with Crippen molar-refractivity contribution in [2.75, 3.05) is 19.0 Å². The zero-order valence-electron chi connectivity index (χ0n) is 14.7. The van der Waals surface area contributed by atoms with Gasteiger partial charge in [0.05, 0.1) is 12.7 Å². The number of methoxy groups -OCH3 is 1. The maximum absolute atomic E-state index is 12.2. The highest BCUT2D eigenvalue weighted by Crippen LogP contribution is 2.13. The second-order valence-corrected chi connectivity index (χ2v) is 5.57. The molecule has 2 aromatic carbocycles. The number of nitrogens with zero attached hydrogens (tertiary/aromatic N) is 1. The molecule has 2 rings (SSSR count). The summed E-state index contributed by atoms with van der Waals surface area (Å²) in [5, 5.41) is 23.6. The van der Waals surface area contributed by atoms with Crippen LogP contribution < -0.4 is 15.4 Å². The number of carbonyl (C=O) groups excluding carboxylic acids is 1. The minimum atomic E-state index is -1.10. The van der Waals surface area contributed by atoms with E-state index in [-0.39, 0.29) is 11.1 Å². The van der Waals surface area contributed by atoms with Gasteiger partial charge < -0.3 is 20.5 Å². The number of benzene rings is 2. The number of aromatic carboxylic acids is 1. The van der Waals surface area contributed by atoms with Crippen LogP contribution in [-0.2, 0) is 11.2 Å². The Bertz CT molecular complexity index is 900. The van der Waals surface area contributed by atoms with Crippen LogP contribution in [0.15, 0.2) is 60.3 Å². The second kappa shape index (κ2) is 9.63. The van der Waals surface area contributed by atoms with Gasteiger partial charge in [0.15, 0.2) is 0 Å². The van der Waals surface area contributed by atoms with Crippen LogP contribution in [0.5, 0.6) is 5.75 Å². The summed E-state index contributed by atoms with van der Waals surface area (Å²) >= 11 is 0. The van der Waals surface area contributed by atoms with E-state index >= 15 is 0 Å². The van der Waals surface area contributed by atoms with Crippen molar-refractivity contribution in [3.05, 3.63) is 71.4 Å². The fourth-order valence-corrected chi connectivity index (χ4v) is 2.30. The highest BCUT2D eigenvalue weighted by Gasteiger charge is 2.10. The lowest BCUT2D eigenvalue weighted by Crippen LogP contribution is -2.18. The van der Waals surface area contributed by atoms with Gasteiger partial charge in [0.1, 0.15) is 17.4 Å². The number of rotatable bonds is 8. The lowest BCUT2D eigenvalue weighted by molar-refractivity contribution is -0.112. The number of carbonyl (C=O) groups is 2. The van der Waals surface area contributed by atoms with Crippen molar-refractivity contribution in [3.63, 3.8) is 0 Å². The Labute approximate surface area is 156 Å². The van der Waals surface area contributed by atoms with Crippen LogP contribution in [0.4, 0.5) is 5.69 Å². The minimum absolute atomic E-state index is 0.0479. The van der Waals surface area contributed by atoms with Gasteiger partial charge in [0.25, 0.3) is 5.91 Å². The van der Waals surface area contributed by atoms with E-state index < -0.39 is 11.9 Å². The van der Waals surface area contributed by atoms with Crippen molar-refractivity contribution in [1.82, 2.24) is 5.32 Å². The Kier molecular flexibility index (Phi) is 6.97. The predicted molar refractivity (Wildman–Crippen MR) is 100 cm³/mol. The molecule has 7 nitrogen and oxygen atoms in total. The molecule has 0 aromatic heterocycles. The fraction of sp³-hybridized carbons (Fsp3) is 0.150. The third-order valence-electron chi connectivity index (χ3n) is 3.67. The first-order chi connectivity index (χ1) is 13.0. The number of amides is 1. The Morgan fingerprint density at radius 1 is 1.22 bits per heavy atom. The van der Waals surface area contributed by atoms with Crippen molar-refractivity contribution < 1.29 is 19.4 Å². The van der Waals surface area contributed by atoms with E-state index in [1.165, 1.54) is 24.4 Å². The predicted octanol–water partition coefficient (Wildman–Crippen LogP) is 2.57. The van der Waals surface area contributed by atoms with Crippen molar-refractivity contribution >= 4 is 17.6 Å². The first-order valence-electron chi connectivity index (χ1n) is 8.15. The normalized spacial score (nSPS) is 10.6. The molecule has 0 unspecified atom stereocenters. The summed E-state index contributed by atoms with van der Waals surface area (Å²) in [6, 6.07) is 15.3. The maximum atomic E-state index is 12.2. The first kappa shape index (κ1) is 19.5. The van der Waals surface area contributed by atoms with Gasteiger partial charge >= 0.3 is 5.97 Å². The quantitative estimate of drug-likeness (QED) is 0.377. The van der Waals surface area contributed by atoms with E-state index in [9.17, 15) is 14.9 Å². The van der Waals surface area contributed by atoms with Gasteiger partial charge in [0, 0.05) is 18.4 Å². The Hall–Kier alpha value is -3.79. The van der Waals surface area contributed by atoms with E-state index in [2.05, 4.69) is 10.6 Å². The van der Waals surface area contributed by atoms with Crippen molar-refractivity contribution in [2.24, 2.45) is 0 Å². The minimum Gasteiger partial charge on any atom is -0.497 e. The average molecular weight is 365 g/mol. The highest BCUT2D eigenvalue weighted by molar-refractivity contribution is 6.06. The fourth-order valence-electron chi connectivity index (χ4n) is 2.30. The van der Waals surface area contributed by atoms with Gasteiger partial charge in [-0.1, -0.05) is 18.2 Å². The molecular weight excluding hydrogens is 346 g/mol. The number of hydrogen-bond donors (Lipinski definition) is 3. The van der Waals surface area contributed by atoms with Crippen LogP contribution in [-0.4, -0.2) is 30.6 Å². The highest BCUT2D eigenvalue weighted by atomic mass is 16.5. The number of nitrogens with one attached hydrogen (secondary N) is 2. The summed E-state index contributed by atoms with van der Waals surface area (Å²) in [7, 11) is 1.60. The number of ether oxygens (including phenoxy) is 1. The van der Waals surface area contributed by atoms with Crippen LogP contribution >= 0.6 is 0 Å². The smallest absolute Gasteiger partial charge is 0.335 e. The number of carboxylic acids is 1. The van der Waals surface area contributed by atoms with Gasteiger partial charge in [-0.15, -0.1) is 0 Å². The van der Waals surface area contributed by atoms with Gasteiger partial charge in [0.2, 0.25) is 0 Å². The van der Waals surface area contributed by atoms with Crippen LogP contribution in [0.2, 0.25) is 0 Å². The summed E-state index contributed by atoms with van der Waals surface area (Å²) < 4.78 is 5.16. The molecular formula is C20H19N3O4. The van der Waals surface area contributed by atoms with Gasteiger partial charge in [-0.05, 0) is 42.3 Å². The lowest BCUT2D eigenvalue weighted by Gasteiger charge is -2.07. The molecule has 0 saturated carbocycles. The molecule has 0 fully saturated rings. The van der Waals surface area contributed by atoms with Crippen LogP contribution in [0.1, 0.15) is 15.9 Å². The topological polar surface area (TPSA) is 111 Å². The van der Waals surface area contributed by atoms with Gasteiger partial charge in [-0.3, -0.25) is 4.79 Å². The summed E-state index contributed by atoms with van der Waals surface area (Å²) in [5.41, 5.74) is 1.30. The zero-order chi connectivity index (χ0) is 19.6. The van der Waals surface area contributed by atoms with Crippen molar-refractivity contribution in [1.29, 1.82) is 5.26 Å². The molecule has 0 radical (unpaired) electrons. The van der Waals surface area contributed by atoms with E-state index in [4.69, 9.17) is 9.84 Å². The van der Waals surface area contributed by atoms with Crippen LogP contribution in [0, 0.1) is 11.3 Å². The molecule has 2 aromatic rings. The molecule has 27 heavy (non-hydrogen) atoms. The molecule has 0 spiro atoms. The van der Waals surface area contributed by atoms with E-state index in [1.807, 2.05) is 30.3 Å². The van der Waals surface area contributed by atoms with Gasteiger partial charge in [-0.25, -0.2) is 4.79 Å².